The first-order valence-electron chi connectivity index (χ1n) is 7.87. The van der Waals surface area contributed by atoms with E-state index < -0.39 is 83.4 Å². The van der Waals surface area contributed by atoms with Crippen molar-refractivity contribution in [1.29, 1.82) is 0 Å². The lowest BCUT2D eigenvalue weighted by atomic mass is 9.88. The van der Waals surface area contributed by atoms with E-state index in [1.807, 2.05) is 0 Å². The molecular formula is C12H7F19O4S. The summed E-state index contributed by atoms with van der Waals surface area (Å²) in [6.45, 7) is 0. The Bertz CT molecular complexity index is 860. The van der Waals surface area contributed by atoms with Crippen LogP contribution in [0, 0.1) is 0 Å². The van der Waals surface area contributed by atoms with Gasteiger partial charge in [-0.15, -0.1) is 0 Å². The van der Waals surface area contributed by atoms with Crippen LogP contribution in [0.5, 0.6) is 0 Å². The second-order valence-corrected chi connectivity index (χ2v) is 7.50. The van der Waals surface area contributed by atoms with Crippen molar-refractivity contribution in [2.75, 3.05) is 0 Å². The monoisotopic (exact) mass is 608 g/mol. The summed E-state index contributed by atoms with van der Waals surface area (Å²) in [4.78, 5) is 0. The molecule has 0 radical (unpaired) electrons. The van der Waals surface area contributed by atoms with Gasteiger partial charge >= 0.3 is 45.9 Å². The van der Waals surface area contributed by atoms with Crippen LogP contribution < -0.4 is 0 Å². The molecule has 4 nitrogen and oxygen atoms in total. The SMILES string of the molecule is O=S(=O)(O)OC(F)C(F)(F)C(F)(F)C(F)(F)C(F)(F)C(F)(F)C(F)(F)C(F)C(F)C(F)C(F)C(F)F. The molecule has 0 saturated heterocycles. The summed E-state index contributed by atoms with van der Waals surface area (Å²) in [6.07, 6.45) is -31.4. The van der Waals surface area contributed by atoms with Crippen LogP contribution in [0.25, 0.3) is 0 Å². The molecule has 5 unspecified atom stereocenters. The molecule has 0 aliphatic carbocycles. The minimum atomic E-state index is -8.73. The Hall–Kier alpha value is -1.46. The van der Waals surface area contributed by atoms with Crippen LogP contribution in [0.1, 0.15) is 0 Å². The van der Waals surface area contributed by atoms with Crippen molar-refractivity contribution in [1.82, 2.24) is 0 Å². The molecule has 0 bridgehead atoms. The van der Waals surface area contributed by atoms with Crippen molar-refractivity contribution < 1.29 is 101 Å². The van der Waals surface area contributed by atoms with Crippen molar-refractivity contribution in [3.8, 4) is 0 Å². The Kier molecular flexibility index (Phi) is 9.61. The molecule has 0 aromatic heterocycles. The molecule has 0 saturated carbocycles. The maximum absolute atomic E-state index is 13.5. The largest absolute Gasteiger partial charge is 0.400 e. The smallest absolute Gasteiger partial charge is 0.263 e. The van der Waals surface area contributed by atoms with Gasteiger partial charge in [-0.05, 0) is 0 Å². The predicted octanol–water partition coefficient (Wildman–Crippen LogP) is 5.53. The zero-order valence-corrected chi connectivity index (χ0v) is 16.5. The second kappa shape index (κ2) is 10.0. The topological polar surface area (TPSA) is 63.6 Å². The maximum Gasteiger partial charge on any atom is 0.400 e. The van der Waals surface area contributed by atoms with Crippen molar-refractivity contribution in [3.05, 3.63) is 0 Å². The molecule has 0 aromatic carbocycles. The molecule has 0 fully saturated rings. The van der Waals surface area contributed by atoms with Gasteiger partial charge in [0.25, 0.3) is 12.8 Å². The highest BCUT2D eigenvalue weighted by Crippen LogP contribution is 2.61. The Labute approximate surface area is 185 Å². The number of hydrogen-bond donors (Lipinski definition) is 1. The molecule has 0 aliphatic rings. The summed E-state index contributed by atoms with van der Waals surface area (Å²) in [5.41, 5.74) is 0. The summed E-state index contributed by atoms with van der Waals surface area (Å²) < 4.78 is 280. The molecule has 0 spiro atoms. The Morgan fingerprint density at radius 3 is 1.17 bits per heavy atom. The third kappa shape index (κ3) is 5.53. The lowest BCUT2D eigenvalue weighted by Crippen LogP contribution is -2.73. The fraction of sp³-hybridized carbons (Fsp3) is 1.00. The molecule has 218 valence electrons. The number of hydrogen-bond acceptors (Lipinski definition) is 3. The highest BCUT2D eigenvalue weighted by Gasteiger charge is 2.92. The molecule has 5 atom stereocenters. The van der Waals surface area contributed by atoms with E-state index in [9.17, 15) is 91.8 Å². The normalized spacial score (nSPS) is 19.7. The highest BCUT2D eigenvalue weighted by atomic mass is 32.3. The van der Waals surface area contributed by atoms with E-state index in [1.165, 1.54) is 0 Å². The fourth-order valence-corrected chi connectivity index (χ4v) is 2.31. The number of alkyl halides is 19. The molecular weight excluding hydrogens is 601 g/mol. The molecule has 24 heteroatoms. The Balaban J connectivity index is 6.58. The van der Waals surface area contributed by atoms with Gasteiger partial charge in [0, 0.05) is 0 Å². The molecule has 0 amide bonds. The first kappa shape index (κ1) is 34.5. The van der Waals surface area contributed by atoms with Crippen LogP contribution >= 0.6 is 0 Å². The van der Waals surface area contributed by atoms with Gasteiger partial charge in [-0.25, -0.2) is 34.9 Å². The van der Waals surface area contributed by atoms with Crippen molar-refractivity contribution in [3.63, 3.8) is 0 Å². The molecule has 36 heavy (non-hydrogen) atoms. The summed E-state index contributed by atoms with van der Waals surface area (Å²) in [5.74, 6) is -50.0. The van der Waals surface area contributed by atoms with Crippen LogP contribution in [0.2, 0.25) is 0 Å². The van der Waals surface area contributed by atoms with Gasteiger partial charge in [0.2, 0.25) is 6.17 Å². The maximum atomic E-state index is 13.5. The molecule has 0 aliphatic heterocycles. The first-order valence-corrected chi connectivity index (χ1v) is 9.24. The lowest BCUT2D eigenvalue weighted by Gasteiger charge is -2.42. The molecule has 0 rings (SSSR count). The van der Waals surface area contributed by atoms with E-state index in [-0.39, 0.29) is 0 Å². The van der Waals surface area contributed by atoms with Gasteiger partial charge in [0.1, 0.15) is 0 Å². The predicted molar refractivity (Wildman–Crippen MR) is 72.8 cm³/mol. The minimum Gasteiger partial charge on any atom is -0.263 e. The average Bonchev–Trinajstić information content (AvgIpc) is 2.69. The van der Waals surface area contributed by atoms with Crippen LogP contribution in [-0.4, -0.2) is 86.0 Å². The fourth-order valence-electron chi connectivity index (χ4n) is 1.97. The van der Waals surface area contributed by atoms with Gasteiger partial charge < -0.3 is 0 Å². The van der Waals surface area contributed by atoms with Crippen LogP contribution in [-0.2, 0) is 14.6 Å². The van der Waals surface area contributed by atoms with Gasteiger partial charge in [0.15, 0.2) is 18.5 Å². The van der Waals surface area contributed by atoms with Crippen LogP contribution in [0.15, 0.2) is 0 Å². The van der Waals surface area contributed by atoms with Gasteiger partial charge in [-0.3, -0.25) is 4.55 Å². The van der Waals surface area contributed by atoms with E-state index >= 15 is 0 Å². The van der Waals surface area contributed by atoms with Crippen molar-refractivity contribution >= 4 is 10.4 Å². The zero-order valence-electron chi connectivity index (χ0n) is 15.7. The third-order valence-corrected chi connectivity index (χ3v) is 4.40. The van der Waals surface area contributed by atoms with E-state index in [0.29, 0.717) is 0 Å². The third-order valence-electron chi connectivity index (χ3n) is 3.99. The summed E-state index contributed by atoms with van der Waals surface area (Å²) in [7, 11) is -6.64. The summed E-state index contributed by atoms with van der Waals surface area (Å²) in [6, 6.07) is 0. The summed E-state index contributed by atoms with van der Waals surface area (Å²) >= 11 is 0. The van der Waals surface area contributed by atoms with Gasteiger partial charge in [-0.1, -0.05) is 0 Å². The van der Waals surface area contributed by atoms with Crippen molar-refractivity contribution in [2.45, 2.75) is 73.0 Å². The van der Waals surface area contributed by atoms with Gasteiger partial charge in [0.05, 0.1) is 0 Å². The van der Waals surface area contributed by atoms with Crippen LogP contribution in [0.3, 0.4) is 0 Å². The average molecular weight is 608 g/mol. The van der Waals surface area contributed by atoms with E-state index in [2.05, 4.69) is 4.18 Å². The van der Waals surface area contributed by atoms with E-state index in [1.54, 1.807) is 0 Å². The van der Waals surface area contributed by atoms with E-state index in [4.69, 9.17) is 4.55 Å². The zero-order chi connectivity index (χ0) is 29.7. The minimum absolute atomic E-state index is 2.06. The van der Waals surface area contributed by atoms with E-state index in [0.717, 1.165) is 0 Å². The standard InChI is InChI=1S/C12H7F19O4S/c13-1(3(15)5(17)18)2(14)4(16)7(20,21)9(24,25)11(28,29)12(30,31)10(26,27)8(22,23)6(19)35-36(32,33)34/h1-6H,(H,32,33,34). The Morgan fingerprint density at radius 1 is 0.528 bits per heavy atom. The van der Waals surface area contributed by atoms with Crippen molar-refractivity contribution in [2.24, 2.45) is 0 Å². The summed E-state index contributed by atoms with van der Waals surface area (Å²) in [5, 5.41) is 0. The second-order valence-electron chi connectivity index (χ2n) is 6.45. The molecule has 0 aromatic rings. The Morgan fingerprint density at radius 2 is 0.861 bits per heavy atom. The van der Waals surface area contributed by atoms with Crippen LogP contribution in [0.4, 0.5) is 83.4 Å². The molecule has 0 heterocycles. The highest BCUT2D eigenvalue weighted by molar-refractivity contribution is 7.80. The number of halogens is 19. The lowest BCUT2D eigenvalue weighted by molar-refractivity contribution is -0.438. The first-order chi connectivity index (χ1) is 15.5. The number of rotatable bonds is 13. The molecule has 1 N–H and O–H groups in total. The quantitative estimate of drug-likeness (QED) is 0.221. The van der Waals surface area contributed by atoms with Gasteiger partial charge in [-0.2, -0.15) is 61.1 Å².